The highest BCUT2D eigenvalue weighted by Crippen LogP contribution is 2.18. The van der Waals surface area contributed by atoms with Crippen molar-refractivity contribution in [3.05, 3.63) is 29.8 Å². The summed E-state index contributed by atoms with van der Waals surface area (Å²) < 4.78 is 31.1. The number of nitrogen functional groups attached to an aromatic ring is 1. The Morgan fingerprint density at radius 3 is 2.47 bits per heavy atom. The van der Waals surface area contributed by atoms with Crippen LogP contribution >= 0.6 is 0 Å². The molecule has 0 spiro atoms. The second-order valence-corrected chi connectivity index (χ2v) is 3.52. The molecule has 0 amide bonds. The zero-order valence-electron chi connectivity index (χ0n) is 10.0. The van der Waals surface area contributed by atoms with Crippen molar-refractivity contribution in [1.29, 1.82) is 0 Å². The fraction of sp³-hybridized carbons (Fsp3) is 0.182. The summed E-state index contributed by atoms with van der Waals surface area (Å²) in [4.78, 5) is 11.4. The van der Waals surface area contributed by atoms with Gasteiger partial charge in [0.15, 0.2) is 0 Å². The van der Waals surface area contributed by atoms with Crippen molar-refractivity contribution in [3.8, 4) is 6.01 Å². The van der Waals surface area contributed by atoms with Crippen LogP contribution in [0.15, 0.2) is 18.2 Å². The summed E-state index contributed by atoms with van der Waals surface area (Å²) in [6, 6.07) is 3.00. The fourth-order valence-electron chi connectivity index (χ4n) is 1.38. The lowest BCUT2D eigenvalue weighted by Gasteiger charge is -2.07. The normalized spacial score (nSPS) is 10.3. The van der Waals surface area contributed by atoms with Crippen molar-refractivity contribution in [2.75, 3.05) is 17.7 Å². The maximum Gasteiger partial charge on any atom is 0.323 e. The second kappa shape index (κ2) is 5.42. The molecule has 8 heteroatoms. The minimum atomic E-state index is -0.713. The van der Waals surface area contributed by atoms with E-state index in [4.69, 9.17) is 10.5 Å². The maximum absolute atomic E-state index is 13.0. The van der Waals surface area contributed by atoms with Crippen molar-refractivity contribution in [3.63, 3.8) is 0 Å². The first-order chi connectivity index (χ1) is 9.06. The van der Waals surface area contributed by atoms with Crippen LogP contribution < -0.4 is 15.8 Å². The van der Waals surface area contributed by atoms with Gasteiger partial charge >= 0.3 is 6.01 Å². The van der Waals surface area contributed by atoms with Gasteiger partial charge in [0.05, 0.1) is 6.61 Å². The first-order valence-corrected chi connectivity index (χ1v) is 5.44. The van der Waals surface area contributed by atoms with Crippen LogP contribution in [0.4, 0.5) is 26.4 Å². The lowest BCUT2D eigenvalue weighted by atomic mass is 10.3. The van der Waals surface area contributed by atoms with Crippen molar-refractivity contribution in [2.24, 2.45) is 0 Å². The molecule has 1 heterocycles. The van der Waals surface area contributed by atoms with Crippen molar-refractivity contribution in [1.82, 2.24) is 15.0 Å². The third-order valence-corrected chi connectivity index (χ3v) is 2.02. The number of benzene rings is 1. The van der Waals surface area contributed by atoms with Crippen LogP contribution in [0.5, 0.6) is 6.01 Å². The van der Waals surface area contributed by atoms with E-state index >= 15 is 0 Å². The van der Waals surface area contributed by atoms with E-state index < -0.39 is 11.6 Å². The predicted octanol–water partition coefficient (Wildman–Crippen LogP) is 1.87. The third kappa shape index (κ3) is 3.47. The number of nitrogens with one attached hydrogen (secondary N) is 1. The van der Waals surface area contributed by atoms with E-state index in [1.807, 2.05) is 0 Å². The van der Waals surface area contributed by atoms with E-state index in [2.05, 4.69) is 20.3 Å². The van der Waals surface area contributed by atoms with Crippen LogP contribution in [-0.2, 0) is 0 Å². The Morgan fingerprint density at radius 2 is 1.84 bits per heavy atom. The van der Waals surface area contributed by atoms with Gasteiger partial charge in [0.25, 0.3) is 0 Å². The summed E-state index contributed by atoms with van der Waals surface area (Å²) in [5, 5.41) is 2.62. The topological polar surface area (TPSA) is 86.0 Å². The number of aromatic nitrogens is 3. The predicted molar refractivity (Wildman–Crippen MR) is 65.0 cm³/mol. The van der Waals surface area contributed by atoms with Crippen LogP contribution in [0.3, 0.4) is 0 Å². The number of anilines is 3. The van der Waals surface area contributed by atoms with Crippen LogP contribution in [0, 0.1) is 11.6 Å². The molecule has 0 atom stereocenters. The van der Waals surface area contributed by atoms with Gasteiger partial charge in [-0.3, -0.25) is 0 Å². The quantitative estimate of drug-likeness (QED) is 0.879. The highest BCUT2D eigenvalue weighted by atomic mass is 19.1. The Hall–Kier alpha value is -2.51. The molecular weight excluding hydrogens is 256 g/mol. The van der Waals surface area contributed by atoms with Crippen LogP contribution in [-0.4, -0.2) is 21.6 Å². The molecule has 0 aliphatic heterocycles. The Balaban J connectivity index is 2.27. The number of halogens is 2. The SMILES string of the molecule is CCOc1nc(N)nc(Nc2cc(F)cc(F)c2)n1. The van der Waals surface area contributed by atoms with E-state index in [0.29, 0.717) is 6.61 Å². The second-order valence-electron chi connectivity index (χ2n) is 3.52. The van der Waals surface area contributed by atoms with E-state index in [0.717, 1.165) is 18.2 Å². The van der Waals surface area contributed by atoms with Crippen LogP contribution in [0.1, 0.15) is 6.92 Å². The fourth-order valence-corrected chi connectivity index (χ4v) is 1.38. The van der Waals surface area contributed by atoms with Gasteiger partial charge in [0, 0.05) is 11.8 Å². The molecule has 0 fully saturated rings. The van der Waals surface area contributed by atoms with Crippen molar-refractivity contribution < 1.29 is 13.5 Å². The summed E-state index contributed by atoms with van der Waals surface area (Å²) in [7, 11) is 0. The Morgan fingerprint density at radius 1 is 1.16 bits per heavy atom. The third-order valence-electron chi connectivity index (χ3n) is 2.02. The molecule has 0 saturated carbocycles. The molecule has 0 bridgehead atoms. The summed E-state index contributed by atoms with van der Waals surface area (Å²) >= 11 is 0. The van der Waals surface area contributed by atoms with Gasteiger partial charge in [-0.05, 0) is 19.1 Å². The summed E-state index contributed by atoms with van der Waals surface area (Å²) in [5.74, 6) is -1.44. The summed E-state index contributed by atoms with van der Waals surface area (Å²) in [6.07, 6.45) is 0. The van der Waals surface area contributed by atoms with Gasteiger partial charge in [0.1, 0.15) is 11.6 Å². The molecule has 0 saturated heterocycles. The monoisotopic (exact) mass is 267 g/mol. The highest BCUT2D eigenvalue weighted by Gasteiger charge is 2.07. The molecular formula is C11H11F2N5O. The Labute approximate surface area is 107 Å². The zero-order valence-corrected chi connectivity index (χ0v) is 10.0. The van der Waals surface area contributed by atoms with E-state index in [1.54, 1.807) is 6.92 Å². The molecule has 0 aliphatic carbocycles. The van der Waals surface area contributed by atoms with E-state index in [9.17, 15) is 8.78 Å². The van der Waals surface area contributed by atoms with Gasteiger partial charge in [0.2, 0.25) is 11.9 Å². The number of ether oxygens (including phenoxy) is 1. The maximum atomic E-state index is 13.0. The van der Waals surface area contributed by atoms with Gasteiger partial charge in [-0.25, -0.2) is 8.78 Å². The summed E-state index contributed by atoms with van der Waals surface area (Å²) in [6.45, 7) is 2.12. The smallest absolute Gasteiger partial charge is 0.323 e. The molecule has 100 valence electrons. The lowest BCUT2D eigenvalue weighted by molar-refractivity contribution is 0.312. The van der Waals surface area contributed by atoms with Gasteiger partial charge in [-0.15, -0.1) is 0 Å². The Bertz CT molecular complexity index is 573. The number of hydrogen-bond acceptors (Lipinski definition) is 6. The van der Waals surface area contributed by atoms with Crippen LogP contribution in [0.25, 0.3) is 0 Å². The largest absolute Gasteiger partial charge is 0.464 e. The number of nitrogens with two attached hydrogens (primary N) is 1. The van der Waals surface area contributed by atoms with Gasteiger partial charge < -0.3 is 15.8 Å². The standard InChI is InChI=1S/C11H11F2N5O/c1-2-19-11-17-9(14)16-10(18-11)15-8-4-6(12)3-7(13)5-8/h3-5H,2H2,1H3,(H3,14,15,16,17,18). The number of rotatable bonds is 4. The number of hydrogen-bond donors (Lipinski definition) is 2. The molecule has 19 heavy (non-hydrogen) atoms. The van der Waals surface area contributed by atoms with Crippen molar-refractivity contribution >= 4 is 17.6 Å². The first-order valence-electron chi connectivity index (χ1n) is 5.44. The summed E-state index contributed by atoms with van der Waals surface area (Å²) in [5.41, 5.74) is 5.63. The van der Waals surface area contributed by atoms with Crippen LogP contribution in [0.2, 0.25) is 0 Å². The number of nitrogens with zero attached hydrogens (tertiary/aromatic N) is 3. The highest BCUT2D eigenvalue weighted by molar-refractivity contribution is 5.54. The molecule has 2 aromatic rings. The minimum Gasteiger partial charge on any atom is -0.464 e. The molecule has 1 aromatic carbocycles. The Kier molecular flexibility index (Phi) is 3.69. The van der Waals surface area contributed by atoms with Gasteiger partial charge in [-0.2, -0.15) is 15.0 Å². The first kappa shape index (κ1) is 12.9. The van der Waals surface area contributed by atoms with E-state index in [-0.39, 0.29) is 23.6 Å². The molecule has 6 nitrogen and oxygen atoms in total. The molecule has 1 aromatic heterocycles. The van der Waals surface area contributed by atoms with Crippen molar-refractivity contribution in [2.45, 2.75) is 6.92 Å². The molecule has 3 N–H and O–H groups in total. The molecule has 2 rings (SSSR count). The minimum absolute atomic E-state index is 0.0365. The average Bonchev–Trinajstić information content (AvgIpc) is 2.26. The van der Waals surface area contributed by atoms with Gasteiger partial charge in [-0.1, -0.05) is 0 Å². The van der Waals surface area contributed by atoms with E-state index in [1.165, 1.54) is 0 Å². The average molecular weight is 267 g/mol. The molecule has 0 radical (unpaired) electrons. The molecule has 0 aliphatic rings. The zero-order chi connectivity index (χ0) is 13.8. The molecule has 0 unspecified atom stereocenters. The lowest BCUT2D eigenvalue weighted by Crippen LogP contribution is -2.06.